The monoisotopic (exact) mass is 376 g/mol. The Hall–Kier alpha value is -1.64. The van der Waals surface area contributed by atoms with Crippen LogP contribution in [0, 0.1) is 15.0 Å². The molecule has 13 heteroatoms. The lowest BCUT2D eigenvalue weighted by Crippen LogP contribution is -2.23. The topological polar surface area (TPSA) is 174 Å². The molecule has 25 heavy (non-hydrogen) atoms. The molecule has 0 aliphatic rings. The van der Waals surface area contributed by atoms with Crippen LogP contribution in [0.1, 0.15) is 0 Å². The molecule has 0 heterocycles. The molecule has 0 spiro atoms. The molecular formula is C12H32N4O9. The number of hydrogen-bond donors (Lipinski definition) is 4. The van der Waals surface area contributed by atoms with Crippen molar-refractivity contribution in [1.29, 1.82) is 0 Å². The first kappa shape index (κ1) is 31.2. The largest absolute Gasteiger partial charge is 0.383 e. The van der Waals surface area contributed by atoms with E-state index in [0.29, 0.717) is 0 Å². The van der Waals surface area contributed by atoms with Gasteiger partial charge in [0.25, 0.3) is 5.09 Å². The van der Waals surface area contributed by atoms with E-state index in [0.717, 1.165) is 52.6 Å². The van der Waals surface area contributed by atoms with E-state index >= 15 is 0 Å². The van der Waals surface area contributed by atoms with Crippen LogP contribution >= 0.6 is 0 Å². The second kappa shape index (κ2) is 38.1. The molecule has 0 aromatic carbocycles. The van der Waals surface area contributed by atoms with Gasteiger partial charge in [0.05, 0.1) is 26.4 Å². The molecule has 0 atom stereocenters. The maximum Gasteiger partial charge on any atom is 0.291 e. The van der Waals surface area contributed by atoms with E-state index in [1.165, 1.54) is 5.34 Å². The van der Waals surface area contributed by atoms with Crippen molar-refractivity contribution in [3.8, 4) is 0 Å². The fourth-order valence-electron chi connectivity index (χ4n) is 0.947. The first-order valence-corrected chi connectivity index (χ1v) is 7.15. The van der Waals surface area contributed by atoms with E-state index in [-0.39, 0.29) is 0 Å². The van der Waals surface area contributed by atoms with Crippen molar-refractivity contribution in [2.45, 2.75) is 0 Å². The third-order valence-corrected chi connectivity index (χ3v) is 1.93. The molecule has 0 saturated carbocycles. The Morgan fingerprint density at radius 2 is 1.00 bits per heavy atom. The predicted octanol–water partition coefficient (Wildman–Crippen LogP) is -0.468. The maximum atomic E-state index is 8.36. The quantitative estimate of drug-likeness (QED) is 0.150. The van der Waals surface area contributed by atoms with Gasteiger partial charge < -0.3 is 40.0 Å². The summed E-state index contributed by atoms with van der Waals surface area (Å²) in [6.07, 6.45) is 0. The van der Waals surface area contributed by atoms with Crippen molar-refractivity contribution in [3.63, 3.8) is 0 Å². The van der Waals surface area contributed by atoms with Crippen LogP contribution in [-0.4, -0.2) is 96.5 Å². The van der Waals surface area contributed by atoms with Crippen LogP contribution in [-0.2, 0) is 18.9 Å². The van der Waals surface area contributed by atoms with E-state index in [9.17, 15) is 0 Å². The second-order valence-corrected chi connectivity index (χ2v) is 3.79. The van der Waals surface area contributed by atoms with Crippen molar-refractivity contribution in [3.05, 3.63) is 15.0 Å². The zero-order chi connectivity index (χ0) is 20.2. The number of methoxy groups -OCH3 is 4. The number of nitrogens with one attached hydrogen (secondary N) is 2. The van der Waals surface area contributed by atoms with Crippen LogP contribution in [0.4, 0.5) is 0 Å². The van der Waals surface area contributed by atoms with Crippen LogP contribution in [0.15, 0.2) is 5.34 Å². The molecule has 0 aromatic heterocycles. The molecule has 0 unspecified atom stereocenters. The highest BCUT2D eigenvalue weighted by molar-refractivity contribution is 4.43. The molecule has 0 aromatic rings. The van der Waals surface area contributed by atoms with Crippen molar-refractivity contribution in [1.82, 2.24) is 10.6 Å². The van der Waals surface area contributed by atoms with Gasteiger partial charge in [0.1, 0.15) is 0 Å². The Morgan fingerprint density at radius 1 is 0.840 bits per heavy atom. The lowest BCUT2D eigenvalue weighted by molar-refractivity contribution is -0.742. The van der Waals surface area contributed by atoms with Crippen molar-refractivity contribution in [2.75, 3.05) is 81.0 Å². The van der Waals surface area contributed by atoms with Gasteiger partial charge in [-0.15, -0.1) is 15.0 Å². The lowest BCUT2D eigenvalue weighted by Gasteiger charge is -2.01. The molecule has 4 N–H and O–H groups in total. The fraction of sp³-hybridized carbons (Fsp3) is 1.00. The highest BCUT2D eigenvalue weighted by Gasteiger charge is 1.83. The number of hydrogen-bond acceptors (Lipinski definition) is 10. The van der Waals surface area contributed by atoms with E-state index in [1.54, 1.807) is 28.4 Å². The summed E-state index contributed by atoms with van der Waals surface area (Å²) in [6, 6.07) is 0. The van der Waals surface area contributed by atoms with E-state index in [2.05, 4.69) is 10.6 Å². The van der Waals surface area contributed by atoms with Gasteiger partial charge in [-0.3, -0.25) is 0 Å². The minimum atomic E-state index is -1.50. The molecule has 0 aliphatic heterocycles. The summed E-state index contributed by atoms with van der Waals surface area (Å²) in [5.74, 6) is 0. The smallest absolute Gasteiger partial charge is 0.291 e. The predicted molar refractivity (Wildman–Crippen MR) is 89.6 cm³/mol. The van der Waals surface area contributed by atoms with Gasteiger partial charge in [-0.2, -0.15) is 0 Å². The van der Waals surface area contributed by atoms with Gasteiger partial charge in [0.15, 0.2) is 5.34 Å². The molecule has 0 aliphatic carbocycles. The molecular weight excluding hydrogens is 344 g/mol. The zero-order valence-electron chi connectivity index (χ0n) is 15.3. The molecule has 0 saturated heterocycles. The first-order valence-electron chi connectivity index (χ1n) is 7.15. The molecule has 13 nitrogen and oxygen atoms in total. The normalized spacial score (nSPS) is 8.64. The van der Waals surface area contributed by atoms with Gasteiger partial charge in [-0.05, 0) is 0 Å². The molecule has 0 amide bonds. The van der Waals surface area contributed by atoms with Gasteiger partial charge in [0, 0.05) is 54.6 Å². The summed E-state index contributed by atoms with van der Waals surface area (Å²) in [7, 11) is 6.77. The highest BCUT2D eigenvalue weighted by Crippen LogP contribution is 1.66. The van der Waals surface area contributed by atoms with E-state index in [1.807, 2.05) is 0 Å². The second-order valence-electron chi connectivity index (χ2n) is 3.79. The Labute approximate surface area is 147 Å². The standard InChI is InChI=1S/2C6H15NO2.HNO3.HNO2/c2*1-8-5-3-7-4-6-9-2;2-1(3)4;2-1-3/h2*7H,3-6H2,1-2H3;(H,2,3,4);(H,2,3). The lowest BCUT2D eigenvalue weighted by atomic mass is 10.6. The van der Waals surface area contributed by atoms with Crippen molar-refractivity contribution >= 4 is 0 Å². The molecule has 0 bridgehead atoms. The average molecular weight is 376 g/mol. The van der Waals surface area contributed by atoms with Crippen LogP contribution in [0.3, 0.4) is 0 Å². The van der Waals surface area contributed by atoms with Crippen LogP contribution in [0.5, 0.6) is 0 Å². The van der Waals surface area contributed by atoms with E-state index < -0.39 is 5.09 Å². The molecule has 154 valence electrons. The molecule has 0 fully saturated rings. The van der Waals surface area contributed by atoms with Crippen molar-refractivity contribution < 1.29 is 34.4 Å². The minimum absolute atomic E-state index is 0.768. The number of nitrogens with zero attached hydrogens (tertiary/aromatic N) is 2. The summed E-state index contributed by atoms with van der Waals surface area (Å²) in [4.78, 5) is 16.5. The van der Waals surface area contributed by atoms with Gasteiger partial charge in [-0.1, -0.05) is 0 Å². The van der Waals surface area contributed by atoms with Crippen LogP contribution in [0.25, 0.3) is 0 Å². The Balaban J connectivity index is -0.000000130. The number of ether oxygens (including phenoxy) is 4. The maximum absolute atomic E-state index is 8.36. The highest BCUT2D eigenvalue weighted by atomic mass is 16.9. The molecule has 0 radical (unpaired) electrons. The van der Waals surface area contributed by atoms with Crippen LogP contribution in [0.2, 0.25) is 0 Å². The summed E-state index contributed by atoms with van der Waals surface area (Å²) >= 11 is 0. The Kier molecular flexibility index (Phi) is 47.5. The Morgan fingerprint density at radius 3 is 1.12 bits per heavy atom. The van der Waals surface area contributed by atoms with E-state index in [4.69, 9.17) is 44.4 Å². The summed E-state index contributed by atoms with van der Waals surface area (Å²) in [6.45, 7) is 6.68. The number of rotatable bonds is 12. The third-order valence-electron chi connectivity index (χ3n) is 1.93. The zero-order valence-corrected chi connectivity index (χ0v) is 15.3. The first-order chi connectivity index (χ1) is 12.0. The van der Waals surface area contributed by atoms with Crippen molar-refractivity contribution in [2.24, 2.45) is 5.34 Å². The fourth-order valence-corrected chi connectivity index (χ4v) is 0.947. The van der Waals surface area contributed by atoms with Gasteiger partial charge in [0.2, 0.25) is 0 Å². The summed E-state index contributed by atoms with van der Waals surface area (Å²) in [5.41, 5.74) is 0. The van der Waals surface area contributed by atoms with Gasteiger partial charge >= 0.3 is 0 Å². The van der Waals surface area contributed by atoms with Gasteiger partial charge in [-0.25, -0.2) is 0 Å². The minimum Gasteiger partial charge on any atom is -0.383 e. The Bertz CT molecular complexity index is 209. The summed E-state index contributed by atoms with van der Waals surface area (Å²) < 4.78 is 19.3. The van der Waals surface area contributed by atoms with Crippen LogP contribution < -0.4 is 10.6 Å². The average Bonchev–Trinajstić information content (AvgIpc) is 2.56. The summed E-state index contributed by atoms with van der Waals surface area (Å²) in [5, 5.41) is 27.8. The third kappa shape index (κ3) is 86.4. The molecule has 0 rings (SSSR count). The SMILES string of the molecule is COCCNCCOC.COCCNCCOC.O=NO.O=[N+]([O-])O.